The third kappa shape index (κ3) is 4.55. The summed E-state index contributed by atoms with van der Waals surface area (Å²) in [5, 5.41) is 7.53. The molecule has 0 aliphatic heterocycles. The van der Waals surface area contributed by atoms with Gasteiger partial charge in [-0.3, -0.25) is 5.41 Å². The van der Waals surface area contributed by atoms with Crippen LogP contribution in [0.5, 0.6) is 5.75 Å². The third-order valence-corrected chi connectivity index (χ3v) is 4.15. The fourth-order valence-electron chi connectivity index (χ4n) is 1.90. The summed E-state index contributed by atoms with van der Waals surface area (Å²) >= 11 is 1.87. The Balaban J connectivity index is 2.24. The van der Waals surface area contributed by atoms with Crippen LogP contribution in [0, 0.1) is 8.98 Å². The van der Waals surface area contributed by atoms with Gasteiger partial charge in [0.05, 0.1) is 5.69 Å². The van der Waals surface area contributed by atoms with Gasteiger partial charge in [-0.25, -0.2) is 4.99 Å². The van der Waals surface area contributed by atoms with Crippen molar-refractivity contribution < 1.29 is 27.3 Å². The Morgan fingerprint density at radius 3 is 2.38 bits per heavy atom. The number of rotatable bonds is 5. The van der Waals surface area contributed by atoms with E-state index in [0.717, 1.165) is 26.0 Å². The van der Waals surface area contributed by atoms with Crippen molar-refractivity contribution >= 4 is 17.4 Å². The maximum atomic E-state index is 7.53. The van der Waals surface area contributed by atoms with Crippen LogP contribution in [0.1, 0.15) is 6.92 Å². The smallest absolute Gasteiger partial charge is 0.300 e. The van der Waals surface area contributed by atoms with E-state index in [9.17, 15) is 0 Å². The Kier molecular flexibility index (Phi) is 5.92. The fraction of sp³-hybridized carbons (Fsp3) is 0.0526. The lowest BCUT2D eigenvalue weighted by molar-refractivity contribution is -0.329. The van der Waals surface area contributed by atoms with Gasteiger partial charge in [-0.15, -0.1) is 0 Å². The Hall–Kier alpha value is -2.41. The standard InChI is InChI=1S/C19H19IN3O/c1-4-18(21)24-17-10-7-14(11-16(17)20)13-5-8-15(9-6-13)23-19(22)12(2)3/h4-11,20-21H,1-2H2,3H3,(H2,22,23)/q+1. The number of hydrogen-bond acceptors (Lipinski definition) is 3. The summed E-state index contributed by atoms with van der Waals surface area (Å²) in [6.07, 6.45) is 1.37. The van der Waals surface area contributed by atoms with Gasteiger partial charge in [0, 0.05) is 6.07 Å². The molecule has 122 valence electrons. The maximum absolute atomic E-state index is 7.53. The second-order valence-corrected chi connectivity index (χ2v) is 6.41. The summed E-state index contributed by atoms with van der Waals surface area (Å²) in [5.41, 5.74) is 9.47. The molecule has 5 heteroatoms. The highest BCUT2D eigenvalue weighted by Crippen LogP contribution is 2.25. The minimum atomic E-state index is 0.0323. The van der Waals surface area contributed by atoms with Gasteiger partial charge in [-0.1, -0.05) is 31.4 Å². The van der Waals surface area contributed by atoms with Gasteiger partial charge in [0.15, 0.2) is 5.75 Å². The van der Waals surface area contributed by atoms with Crippen molar-refractivity contribution in [1.82, 2.24) is 0 Å². The maximum Gasteiger partial charge on any atom is 0.300 e. The van der Waals surface area contributed by atoms with Crippen LogP contribution < -0.4 is 33.1 Å². The summed E-state index contributed by atoms with van der Waals surface area (Å²) in [7, 11) is 0. The monoisotopic (exact) mass is 432 g/mol. The van der Waals surface area contributed by atoms with Gasteiger partial charge in [0.2, 0.25) is 9.47 Å². The molecule has 4 nitrogen and oxygen atoms in total. The zero-order valence-corrected chi connectivity index (χ0v) is 15.7. The molecular weight excluding hydrogens is 413 g/mol. The number of nitrogens with one attached hydrogen (secondary N) is 1. The molecule has 0 saturated heterocycles. The van der Waals surface area contributed by atoms with Crippen molar-refractivity contribution in [3.05, 3.63) is 70.8 Å². The molecule has 0 bridgehead atoms. The van der Waals surface area contributed by atoms with Crippen molar-refractivity contribution in [2.24, 2.45) is 10.7 Å². The minimum absolute atomic E-state index is 0.0323. The van der Waals surface area contributed by atoms with E-state index in [1.807, 2.05) is 72.0 Å². The van der Waals surface area contributed by atoms with E-state index in [-0.39, 0.29) is 5.90 Å². The highest BCUT2D eigenvalue weighted by molar-refractivity contribution is 5.97. The molecule has 0 amide bonds. The molecule has 0 spiro atoms. The zero-order valence-electron chi connectivity index (χ0n) is 13.4. The molecule has 0 aliphatic rings. The van der Waals surface area contributed by atoms with Crippen LogP contribution in [-0.4, -0.2) is 11.7 Å². The number of ether oxygens (including phenoxy) is 1. The van der Waals surface area contributed by atoms with E-state index in [0.29, 0.717) is 11.6 Å². The molecule has 3 N–H and O–H groups in total. The molecule has 2 aromatic carbocycles. The van der Waals surface area contributed by atoms with Crippen molar-refractivity contribution in [3.63, 3.8) is 0 Å². The molecule has 24 heavy (non-hydrogen) atoms. The lowest BCUT2D eigenvalue weighted by Gasteiger charge is -2.06. The van der Waals surface area contributed by atoms with E-state index in [4.69, 9.17) is 15.9 Å². The Bertz CT molecular complexity index is 823. The highest BCUT2D eigenvalue weighted by Gasteiger charge is 2.11. The first-order valence-electron chi connectivity index (χ1n) is 7.21. The van der Waals surface area contributed by atoms with E-state index in [2.05, 4.69) is 18.2 Å². The van der Waals surface area contributed by atoms with E-state index < -0.39 is 0 Å². The fourth-order valence-corrected chi connectivity index (χ4v) is 2.57. The van der Waals surface area contributed by atoms with Gasteiger partial charge < -0.3 is 10.5 Å². The molecule has 0 unspecified atom stereocenters. The van der Waals surface area contributed by atoms with Crippen molar-refractivity contribution in [2.75, 3.05) is 0 Å². The van der Waals surface area contributed by atoms with E-state index >= 15 is 0 Å². The summed E-state index contributed by atoms with van der Waals surface area (Å²) in [6, 6.07) is 13.7. The molecule has 2 rings (SSSR count). The van der Waals surface area contributed by atoms with Gasteiger partial charge in [-0.05, 0) is 47.9 Å². The van der Waals surface area contributed by atoms with Crippen LogP contribution in [0.15, 0.2) is 72.3 Å². The van der Waals surface area contributed by atoms with Crippen molar-refractivity contribution in [1.29, 1.82) is 5.41 Å². The van der Waals surface area contributed by atoms with Crippen LogP contribution >= 0.6 is 0 Å². The zero-order chi connectivity index (χ0) is 17.7. The number of nitrogens with zero attached hydrogens (tertiary/aromatic N) is 1. The Labute approximate surface area is 155 Å². The lowest BCUT2D eigenvalue weighted by atomic mass is 10.1. The molecule has 0 fully saturated rings. The van der Waals surface area contributed by atoms with Gasteiger partial charge >= 0.3 is 22.6 Å². The number of nitrogens with two attached hydrogens (primary N) is 1. The minimum Gasteiger partial charge on any atom is -0.435 e. The van der Waals surface area contributed by atoms with E-state index in [1.54, 1.807) is 0 Å². The third-order valence-electron chi connectivity index (χ3n) is 3.24. The molecule has 0 heterocycles. The van der Waals surface area contributed by atoms with E-state index in [1.165, 1.54) is 6.08 Å². The molecule has 2 aromatic rings. The van der Waals surface area contributed by atoms with Crippen LogP contribution in [0.3, 0.4) is 0 Å². The van der Waals surface area contributed by atoms with Gasteiger partial charge in [-0.2, -0.15) is 0 Å². The normalized spacial score (nSPS) is 11.0. The van der Waals surface area contributed by atoms with Crippen LogP contribution in [0.4, 0.5) is 5.69 Å². The number of aliphatic imine (C=N–C) groups is 1. The predicted molar refractivity (Wildman–Crippen MR) is 96.6 cm³/mol. The van der Waals surface area contributed by atoms with Crippen molar-refractivity contribution in [3.8, 4) is 16.9 Å². The summed E-state index contributed by atoms with van der Waals surface area (Å²) < 4.78 is 6.36. The molecule has 0 atom stereocenters. The molecular formula is C19H19IN3O+. The van der Waals surface area contributed by atoms with Gasteiger partial charge in [0.1, 0.15) is 5.84 Å². The predicted octanol–water partition coefficient (Wildman–Crippen LogP) is 0.916. The topological polar surface area (TPSA) is 71.5 Å². The number of benzene rings is 2. The quantitative estimate of drug-likeness (QED) is 0.419. The van der Waals surface area contributed by atoms with Crippen LogP contribution in [-0.2, 0) is 0 Å². The first-order chi connectivity index (χ1) is 11.4. The van der Waals surface area contributed by atoms with Crippen LogP contribution in [0.2, 0.25) is 0 Å². The molecule has 0 radical (unpaired) electrons. The molecule has 0 saturated carbocycles. The average molecular weight is 432 g/mol. The summed E-state index contributed by atoms with van der Waals surface area (Å²) in [6.45, 7) is 9.11. The Morgan fingerprint density at radius 2 is 1.83 bits per heavy atom. The number of halogens is 1. The van der Waals surface area contributed by atoms with Crippen molar-refractivity contribution in [2.45, 2.75) is 6.92 Å². The lowest BCUT2D eigenvalue weighted by Crippen LogP contribution is -3.34. The van der Waals surface area contributed by atoms with Gasteiger partial charge in [0.25, 0.3) is 0 Å². The first kappa shape index (κ1) is 17.9. The second-order valence-electron chi connectivity index (χ2n) is 5.16. The number of hydrogen-bond donors (Lipinski definition) is 2. The Morgan fingerprint density at radius 1 is 1.21 bits per heavy atom. The largest absolute Gasteiger partial charge is 0.435 e. The number of amidine groups is 1. The molecule has 0 aromatic heterocycles. The summed E-state index contributed by atoms with van der Waals surface area (Å²) in [4.78, 5) is 4.31. The highest BCUT2D eigenvalue weighted by atomic mass is 127. The molecule has 0 aliphatic carbocycles. The second kappa shape index (κ2) is 7.92. The average Bonchev–Trinajstić information content (AvgIpc) is 2.57. The SMILES string of the molecule is C=CC(=N)Oc1ccc(-c2ccc(N=C(N)C(=C)C)cc2)cc1[IH+]. The first-order valence-corrected chi connectivity index (χ1v) is 8.37. The van der Waals surface area contributed by atoms with Crippen LogP contribution in [0.25, 0.3) is 11.1 Å². The summed E-state index contributed by atoms with van der Waals surface area (Å²) in [5.74, 6) is 1.12.